The number of anilines is 1. The van der Waals surface area contributed by atoms with Gasteiger partial charge in [0.15, 0.2) is 5.78 Å². The summed E-state index contributed by atoms with van der Waals surface area (Å²) in [5.41, 5.74) is 1.05. The van der Waals surface area contributed by atoms with E-state index in [1.165, 1.54) is 6.07 Å². The highest BCUT2D eigenvalue weighted by Gasteiger charge is 2.21. The van der Waals surface area contributed by atoms with Crippen molar-refractivity contribution in [2.45, 2.75) is 13.0 Å². The van der Waals surface area contributed by atoms with Crippen LogP contribution in [0, 0.1) is 5.82 Å². The summed E-state index contributed by atoms with van der Waals surface area (Å²) >= 11 is 0. The van der Waals surface area contributed by atoms with Gasteiger partial charge in [0.1, 0.15) is 23.9 Å². The summed E-state index contributed by atoms with van der Waals surface area (Å²) in [6.07, 6.45) is 1.63. The van der Waals surface area contributed by atoms with Gasteiger partial charge in [-0.2, -0.15) is 5.10 Å². The fourth-order valence-electron chi connectivity index (χ4n) is 4.47. The third-order valence-corrected chi connectivity index (χ3v) is 6.58. The molecule has 0 bridgehead atoms. The van der Waals surface area contributed by atoms with E-state index in [1.54, 1.807) is 29.1 Å². The van der Waals surface area contributed by atoms with E-state index in [-0.39, 0.29) is 30.2 Å². The lowest BCUT2D eigenvalue weighted by Crippen LogP contribution is -2.48. The van der Waals surface area contributed by atoms with Gasteiger partial charge < -0.3 is 19.4 Å². The van der Waals surface area contributed by atoms with Crippen LogP contribution in [-0.2, 0) is 22.5 Å². The maximum absolute atomic E-state index is 14.8. The average Bonchev–Trinajstić information content (AvgIpc) is 3.26. The number of carbonyl (C=O) groups excluding carboxylic acids is 2. The molecule has 2 saturated heterocycles. The molecule has 0 atom stereocenters. The topological polar surface area (TPSA) is 83.8 Å². The van der Waals surface area contributed by atoms with Gasteiger partial charge in [0.25, 0.3) is 0 Å². The maximum atomic E-state index is 14.8. The molecule has 0 radical (unpaired) electrons. The van der Waals surface area contributed by atoms with Crippen molar-refractivity contribution in [3.63, 3.8) is 0 Å². The minimum absolute atomic E-state index is 0.00648. The zero-order chi connectivity index (χ0) is 24.4. The van der Waals surface area contributed by atoms with Gasteiger partial charge in [-0.3, -0.25) is 14.3 Å². The van der Waals surface area contributed by atoms with Crippen molar-refractivity contribution in [3.05, 3.63) is 53.6 Å². The van der Waals surface area contributed by atoms with E-state index in [4.69, 9.17) is 4.74 Å². The first-order valence-electron chi connectivity index (χ1n) is 11.9. The number of nitrogens with zero attached hydrogens (tertiary/aromatic N) is 6. The summed E-state index contributed by atoms with van der Waals surface area (Å²) in [7, 11) is 2.04. The van der Waals surface area contributed by atoms with Crippen molar-refractivity contribution in [3.8, 4) is 0 Å². The Hall–Kier alpha value is -3.37. The van der Waals surface area contributed by atoms with Crippen molar-refractivity contribution in [2.24, 2.45) is 0 Å². The number of hydrogen-bond donors (Lipinski definition) is 0. The van der Waals surface area contributed by atoms with Crippen molar-refractivity contribution >= 4 is 28.4 Å². The molecule has 0 saturated carbocycles. The maximum Gasteiger partial charge on any atom is 0.244 e. The largest absolute Gasteiger partial charge is 0.378 e. The number of fused-ring (bicyclic) bond motifs is 1. The van der Waals surface area contributed by atoms with Crippen LogP contribution in [0.25, 0.3) is 10.9 Å². The Bertz CT molecular complexity index is 1230. The number of hydrogen-bond acceptors (Lipinski definition) is 7. The van der Waals surface area contributed by atoms with Gasteiger partial charge in [-0.25, -0.2) is 9.37 Å². The van der Waals surface area contributed by atoms with Crippen LogP contribution < -0.4 is 4.90 Å². The Morgan fingerprint density at radius 1 is 1.06 bits per heavy atom. The van der Waals surface area contributed by atoms with Crippen molar-refractivity contribution in [2.75, 3.05) is 64.4 Å². The lowest BCUT2D eigenvalue weighted by atomic mass is 10.0. The van der Waals surface area contributed by atoms with Crippen molar-refractivity contribution in [1.82, 2.24) is 24.6 Å². The molecule has 0 spiro atoms. The summed E-state index contributed by atoms with van der Waals surface area (Å²) in [6, 6.07) is 8.29. The zero-order valence-electron chi connectivity index (χ0n) is 19.8. The molecule has 184 valence electrons. The lowest BCUT2D eigenvalue weighted by molar-refractivity contribution is -0.133. The van der Waals surface area contributed by atoms with E-state index in [2.05, 4.69) is 19.9 Å². The molecule has 2 fully saturated rings. The second kappa shape index (κ2) is 10.1. The van der Waals surface area contributed by atoms with E-state index < -0.39 is 5.82 Å². The SMILES string of the molecule is CN1CCN(C(=O)Cn2cc3cc(CC(=O)c4cccc(N5CCOCC5)n4)c(F)cc3n2)CC1. The van der Waals surface area contributed by atoms with E-state index in [0.29, 0.717) is 42.9 Å². The van der Waals surface area contributed by atoms with Gasteiger partial charge in [0.2, 0.25) is 5.91 Å². The number of Topliss-reactive ketones (excluding diaryl/α,β-unsaturated/α-hetero) is 1. The van der Waals surface area contributed by atoms with Crippen LogP contribution in [-0.4, -0.2) is 95.8 Å². The van der Waals surface area contributed by atoms with Crippen LogP contribution >= 0.6 is 0 Å². The molecule has 35 heavy (non-hydrogen) atoms. The molecular formula is C25H29FN6O3. The van der Waals surface area contributed by atoms with E-state index in [0.717, 1.165) is 32.0 Å². The van der Waals surface area contributed by atoms with Crippen LogP contribution in [0.1, 0.15) is 16.1 Å². The number of ether oxygens (including phenoxy) is 1. The summed E-state index contributed by atoms with van der Waals surface area (Å²) < 4.78 is 21.8. The number of amides is 1. The first-order valence-corrected chi connectivity index (χ1v) is 11.9. The highest BCUT2D eigenvalue weighted by Crippen LogP contribution is 2.21. The highest BCUT2D eigenvalue weighted by atomic mass is 19.1. The predicted octanol–water partition coefficient (Wildman–Crippen LogP) is 1.61. The molecule has 10 heteroatoms. The molecule has 0 unspecified atom stereocenters. The number of likely N-dealkylation sites (N-methyl/N-ethyl adjacent to an activating group) is 1. The van der Waals surface area contributed by atoms with E-state index in [1.807, 2.05) is 18.0 Å². The lowest BCUT2D eigenvalue weighted by Gasteiger charge is -2.32. The standard InChI is InChI=1S/C25H29FN6O3/c1-29-5-7-31(8-6-29)25(34)17-32-16-19-13-18(20(26)15-22(19)28-32)14-23(33)21-3-2-4-24(27-21)30-9-11-35-12-10-30/h2-4,13,15-16H,5-12,14,17H2,1H3. The van der Waals surface area contributed by atoms with E-state index in [9.17, 15) is 14.0 Å². The average molecular weight is 481 g/mol. The van der Waals surface area contributed by atoms with Crippen molar-refractivity contribution in [1.29, 1.82) is 0 Å². The monoisotopic (exact) mass is 480 g/mol. The number of pyridine rings is 1. The van der Waals surface area contributed by atoms with Crippen LogP contribution in [0.4, 0.5) is 10.2 Å². The predicted molar refractivity (Wildman–Crippen MR) is 129 cm³/mol. The van der Waals surface area contributed by atoms with Crippen LogP contribution in [0.3, 0.4) is 0 Å². The Morgan fingerprint density at radius 3 is 2.60 bits per heavy atom. The quantitative estimate of drug-likeness (QED) is 0.496. The number of aromatic nitrogens is 3. The summed E-state index contributed by atoms with van der Waals surface area (Å²) in [5, 5.41) is 5.06. The summed E-state index contributed by atoms with van der Waals surface area (Å²) in [4.78, 5) is 36.2. The Balaban J connectivity index is 1.29. The van der Waals surface area contributed by atoms with Gasteiger partial charge in [0, 0.05) is 63.3 Å². The first kappa shape index (κ1) is 23.4. The highest BCUT2D eigenvalue weighted by molar-refractivity contribution is 5.96. The number of benzene rings is 1. The summed E-state index contributed by atoms with van der Waals surface area (Å²) in [6.45, 7) is 5.87. The van der Waals surface area contributed by atoms with Gasteiger partial charge in [-0.05, 0) is 30.8 Å². The normalized spacial score (nSPS) is 17.2. The number of rotatable bonds is 6. The van der Waals surface area contributed by atoms with Crippen LogP contribution in [0.2, 0.25) is 0 Å². The Labute approximate surface area is 203 Å². The smallest absolute Gasteiger partial charge is 0.244 e. The van der Waals surface area contributed by atoms with Gasteiger partial charge >= 0.3 is 0 Å². The molecule has 2 aliphatic rings. The van der Waals surface area contributed by atoms with Gasteiger partial charge in [-0.15, -0.1) is 0 Å². The second-order valence-corrected chi connectivity index (χ2v) is 9.09. The third kappa shape index (κ3) is 5.33. The molecule has 9 nitrogen and oxygen atoms in total. The Kier molecular flexibility index (Phi) is 6.74. The van der Waals surface area contributed by atoms with Gasteiger partial charge in [-0.1, -0.05) is 6.07 Å². The molecule has 3 aromatic rings. The fourth-order valence-corrected chi connectivity index (χ4v) is 4.47. The molecule has 1 aromatic carbocycles. The van der Waals surface area contributed by atoms with Gasteiger partial charge in [0.05, 0.1) is 18.7 Å². The molecular weight excluding hydrogens is 451 g/mol. The zero-order valence-corrected chi connectivity index (χ0v) is 19.8. The minimum Gasteiger partial charge on any atom is -0.378 e. The number of carbonyl (C=O) groups is 2. The Morgan fingerprint density at radius 2 is 1.83 bits per heavy atom. The second-order valence-electron chi connectivity index (χ2n) is 9.09. The molecule has 2 aliphatic heterocycles. The number of halogens is 1. The van der Waals surface area contributed by atoms with E-state index >= 15 is 0 Å². The van der Waals surface area contributed by atoms with Crippen LogP contribution in [0.15, 0.2) is 36.5 Å². The molecule has 1 amide bonds. The van der Waals surface area contributed by atoms with Crippen LogP contribution in [0.5, 0.6) is 0 Å². The number of ketones is 1. The molecule has 0 N–H and O–H groups in total. The van der Waals surface area contributed by atoms with Crippen molar-refractivity contribution < 1.29 is 18.7 Å². The molecule has 4 heterocycles. The molecule has 0 aliphatic carbocycles. The number of piperazine rings is 1. The number of morpholine rings is 1. The molecule has 2 aromatic heterocycles. The molecule has 5 rings (SSSR count). The minimum atomic E-state index is -0.495. The fraction of sp³-hybridized carbons (Fsp3) is 0.440. The first-order chi connectivity index (χ1) is 17.0. The third-order valence-electron chi connectivity index (χ3n) is 6.58. The summed E-state index contributed by atoms with van der Waals surface area (Å²) in [5.74, 6) is -0.0313.